The highest BCUT2D eigenvalue weighted by atomic mass is 19.1. The molecule has 0 aliphatic carbocycles. The summed E-state index contributed by atoms with van der Waals surface area (Å²) in [6, 6.07) is 6.11. The third-order valence-corrected chi connectivity index (χ3v) is 4.26. The number of hydrogen-bond donors (Lipinski definition) is 1. The zero-order valence-electron chi connectivity index (χ0n) is 15.6. The topological polar surface area (TPSA) is 41.5 Å². The molecule has 0 aliphatic heterocycles. The Labute approximate surface area is 152 Å². The highest BCUT2D eigenvalue weighted by molar-refractivity contribution is 5.82. The van der Waals surface area contributed by atoms with Gasteiger partial charge < -0.3 is 0 Å². The van der Waals surface area contributed by atoms with Crippen LogP contribution in [0.4, 0.5) is 4.39 Å². The Bertz CT molecular complexity index is 502. The first-order valence-corrected chi connectivity index (χ1v) is 9.80. The van der Waals surface area contributed by atoms with Gasteiger partial charge in [-0.05, 0) is 24.1 Å². The van der Waals surface area contributed by atoms with Crippen LogP contribution in [0.5, 0.6) is 0 Å². The fourth-order valence-electron chi connectivity index (χ4n) is 2.77. The molecule has 1 aromatic carbocycles. The van der Waals surface area contributed by atoms with E-state index in [0.29, 0.717) is 12.0 Å². The van der Waals surface area contributed by atoms with E-state index in [4.69, 9.17) is 0 Å². The molecule has 0 atom stereocenters. The minimum absolute atomic E-state index is 0.0800. The molecular weight excluding hydrogens is 315 g/mol. The van der Waals surface area contributed by atoms with Crippen molar-refractivity contribution in [2.75, 3.05) is 0 Å². The predicted octanol–water partition coefficient (Wildman–Crippen LogP) is 5.98. The molecule has 0 unspecified atom stereocenters. The van der Waals surface area contributed by atoms with Crippen LogP contribution in [0, 0.1) is 5.82 Å². The van der Waals surface area contributed by atoms with Gasteiger partial charge in [0.15, 0.2) is 0 Å². The second-order valence-electron chi connectivity index (χ2n) is 6.63. The molecule has 0 heterocycles. The van der Waals surface area contributed by atoms with Gasteiger partial charge >= 0.3 is 0 Å². The number of halogens is 1. The molecule has 140 valence electrons. The molecule has 1 aromatic rings. The Morgan fingerprint density at radius 2 is 1.60 bits per heavy atom. The lowest BCUT2D eigenvalue weighted by Crippen LogP contribution is -2.16. The molecule has 4 heteroatoms. The van der Waals surface area contributed by atoms with E-state index >= 15 is 0 Å². The summed E-state index contributed by atoms with van der Waals surface area (Å²) in [6.45, 7) is 2.25. The number of hydrazone groups is 1. The molecule has 25 heavy (non-hydrogen) atoms. The average Bonchev–Trinajstić information content (AvgIpc) is 2.60. The molecule has 0 aromatic heterocycles. The molecule has 0 saturated heterocycles. The van der Waals surface area contributed by atoms with Crippen molar-refractivity contribution in [1.82, 2.24) is 5.43 Å². The standard InChI is InChI=1S/C21H33FN2O/c1-2-3-4-5-6-7-8-9-10-11-12-16-21(25)24-23-18-19-14-13-15-20(22)17-19/h13-15,17-18H,2-12,16H2,1H3,(H,24,25)/b23-18+. The second-order valence-corrected chi connectivity index (χ2v) is 6.63. The Morgan fingerprint density at radius 1 is 1.00 bits per heavy atom. The summed E-state index contributed by atoms with van der Waals surface area (Å²) in [5.41, 5.74) is 3.13. The molecule has 1 N–H and O–H groups in total. The fourth-order valence-corrected chi connectivity index (χ4v) is 2.77. The summed E-state index contributed by atoms with van der Waals surface area (Å²) >= 11 is 0. The lowest BCUT2D eigenvalue weighted by atomic mass is 10.1. The molecule has 0 aliphatic rings. The monoisotopic (exact) mass is 348 g/mol. The number of rotatable bonds is 14. The normalized spacial score (nSPS) is 11.1. The zero-order chi connectivity index (χ0) is 18.2. The van der Waals surface area contributed by atoms with Crippen molar-refractivity contribution in [3.8, 4) is 0 Å². The Kier molecular flexibility index (Phi) is 12.5. The molecule has 0 fully saturated rings. The van der Waals surface area contributed by atoms with Gasteiger partial charge in [-0.15, -0.1) is 0 Å². The predicted molar refractivity (Wildman–Crippen MR) is 103 cm³/mol. The summed E-state index contributed by atoms with van der Waals surface area (Å²) in [7, 11) is 0. The molecule has 1 rings (SSSR count). The fraction of sp³-hybridized carbons (Fsp3) is 0.619. The zero-order valence-corrected chi connectivity index (χ0v) is 15.6. The smallest absolute Gasteiger partial charge is 0.240 e. The number of carbonyl (C=O) groups excluding carboxylic acids is 1. The van der Waals surface area contributed by atoms with Crippen LogP contribution in [0.1, 0.15) is 89.5 Å². The first-order valence-electron chi connectivity index (χ1n) is 9.80. The van der Waals surface area contributed by atoms with Crippen molar-refractivity contribution in [3.63, 3.8) is 0 Å². The lowest BCUT2D eigenvalue weighted by Gasteiger charge is -2.02. The minimum Gasteiger partial charge on any atom is -0.273 e. The Morgan fingerprint density at radius 3 is 2.20 bits per heavy atom. The van der Waals surface area contributed by atoms with Crippen molar-refractivity contribution in [2.45, 2.75) is 84.0 Å². The maximum absolute atomic E-state index is 13.0. The van der Waals surface area contributed by atoms with Gasteiger partial charge in [-0.1, -0.05) is 83.3 Å². The molecule has 0 radical (unpaired) electrons. The summed E-state index contributed by atoms with van der Waals surface area (Å²) in [5, 5.41) is 3.86. The van der Waals surface area contributed by atoms with E-state index in [9.17, 15) is 9.18 Å². The Hall–Kier alpha value is -1.71. The quantitative estimate of drug-likeness (QED) is 0.251. The number of carbonyl (C=O) groups is 1. The average molecular weight is 349 g/mol. The minimum atomic E-state index is -0.309. The van der Waals surface area contributed by atoms with Crippen LogP contribution < -0.4 is 5.43 Å². The van der Waals surface area contributed by atoms with E-state index in [0.717, 1.165) is 12.8 Å². The SMILES string of the molecule is CCCCCCCCCCCCCC(=O)N/N=C/c1cccc(F)c1. The molecular formula is C21H33FN2O. The Balaban J connectivity index is 1.93. The van der Waals surface area contributed by atoms with Gasteiger partial charge in [0, 0.05) is 6.42 Å². The second kappa shape index (κ2) is 14.6. The molecule has 1 amide bonds. The van der Waals surface area contributed by atoms with Gasteiger partial charge in [0.2, 0.25) is 5.91 Å². The number of nitrogens with one attached hydrogen (secondary N) is 1. The number of nitrogens with zero attached hydrogens (tertiary/aromatic N) is 1. The van der Waals surface area contributed by atoms with Crippen LogP contribution in [-0.4, -0.2) is 12.1 Å². The van der Waals surface area contributed by atoms with E-state index in [1.807, 2.05) is 0 Å². The van der Waals surface area contributed by atoms with E-state index in [2.05, 4.69) is 17.5 Å². The highest BCUT2D eigenvalue weighted by Crippen LogP contribution is 2.11. The van der Waals surface area contributed by atoms with Gasteiger partial charge in [0.1, 0.15) is 5.82 Å². The lowest BCUT2D eigenvalue weighted by molar-refractivity contribution is -0.121. The van der Waals surface area contributed by atoms with Gasteiger partial charge in [0.25, 0.3) is 0 Å². The maximum atomic E-state index is 13.0. The van der Waals surface area contributed by atoms with Crippen molar-refractivity contribution in [3.05, 3.63) is 35.6 Å². The number of benzene rings is 1. The van der Waals surface area contributed by atoms with Crippen molar-refractivity contribution in [1.29, 1.82) is 0 Å². The third-order valence-electron chi connectivity index (χ3n) is 4.26. The molecule has 0 spiro atoms. The van der Waals surface area contributed by atoms with E-state index in [1.54, 1.807) is 12.1 Å². The molecule has 3 nitrogen and oxygen atoms in total. The van der Waals surface area contributed by atoms with E-state index in [-0.39, 0.29) is 11.7 Å². The van der Waals surface area contributed by atoms with Gasteiger partial charge in [-0.3, -0.25) is 4.79 Å². The van der Waals surface area contributed by atoms with E-state index < -0.39 is 0 Å². The number of amides is 1. The summed E-state index contributed by atoms with van der Waals surface area (Å²) in [4.78, 5) is 11.7. The van der Waals surface area contributed by atoms with E-state index in [1.165, 1.54) is 76.1 Å². The van der Waals surface area contributed by atoms with Gasteiger partial charge in [-0.2, -0.15) is 5.10 Å². The van der Waals surface area contributed by atoms with Crippen LogP contribution in [0.3, 0.4) is 0 Å². The van der Waals surface area contributed by atoms with Crippen LogP contribution in [0.25, 0.3) is 0 Å². The van der Waals surface area contributed by atoms with Crippen molar-refractivity contribution < 1.29 is 9.18 Å². The van der Waals surface area contributed by atoms with Crippen LogP contribution in [0.2, 0.25) is 0 Å². The first kappa shape index (κ1) is 21.3. The highest BCUT2D eigenvalue weighted by Gasteiger charge is 1.99. The third kappa shape index (κ3) is 12.3. The van der Waals surface area contributed by atoms with Crippen LogP contribution >= 0.6 is 0 Å². The summed E-state index contributed by atoms with van der Waals surface area (Å²) in [5.74, 6) is -0.389. The van der Waals surface area contributed by atoms with Crippen LogP contribution in [0.15, 0.2) is 29.4 Å². The largest absolute Gasteiger partial charge is 0.273 e. The van der Waals surface area contributed by atoms with Crippen molar-refractivity contribution >= 4 is 12.1 Å². The maximum Gasteiger partial charge on any atom is 0.240 e. The van der Waals surface area contributed by atoms with Gasteiger partial charge in [0.05, 0.1) is 6.21 Å². The number of unbranched alkanes of at least 4 members (excludes halogenated alkanes) is 10. The first-order chi connectivity index (χ1) is 12.2. The van der Waals surface area contributed by atoms with Gasteiger partial charge in [-0.25, -0.2) is 9.82 Å². The summed E-state index contributed by atoms with van der Waals surface area (Å²) < 4.78 is 13.0. The number of hydrogen-bond acceptors (Lipinski definition) is 2. The molecule has 0 saturated carbocycles. The summed E-state index contributed by atoms with van der Waals surface area (Å²) in [6.07, 6.45) is 15.9. The van der Waals surface area contributed by atoms with Crippen LogP contribution in [-0.2, 0) is 4.79 Å². The molecule has 0 bridgehead atoms. The van der Waals surface area contributed by atoms with Crippen molar-refractivity contribution in [2.24, 2.45) is 5.10 Å².